The molecule has 0 aromatic heterocycles. The number of benzene rings is 5. The molecule has 0 amide bonds. The monoisotopic (exact) mass is 742 g/mol. The van der Waals surface area contributed by atoms with Crippen molar-refractivity contribution in [3.63, 3.8) is 0 Å². The zero-order valence-electron chi connectivity index (χ0n) is 31.5. The average Bonchev–Trinajstić information content (AvgIpc) is 3.20. The maximum Gasteiger partial charge on any atom is 0.261 e. The van der Waals surface area contributed by atoms with Gasteiger partial charge < -0.3 is 23.4 Å². The molecule has 7 nitrogen and oxygen atoms in total. The zero-order chi connectivity index (χ0) is 38.0. The molecular weight excluding hydrogens is 693 g/mol. The van der Waals surface area contributed by atoms with E-state index in [4.69, 9.17) is 23.4 Å². The van der Waals surface area contributed by atoms with Gasteiger partial charge in [0.05, 0.1) is 26.4 Å². The van der Waals surface area contributed by atoms with Gasteiger partial charge in [0.2, 0.25) is 5.78 Å². The molecule has 1 heterocycles. The molecule has 0 aliphatic carbocycles. The molecule has 0 radical (unpaired) electrons. The molecule has 54 heavy (non-hydrogen) atoms. The second-order valence-corrected chi connectivity index (χ2v) is 19.1. The molecule has 1 aliphatic heterocycles. The Morgan fingerprint density at radius 1 is 0.556 bits per heavy atom. The van der Waals surface area contributed by atoms with E-state index in [1.807, 2.05) is 127 Å². The fraction of sp³-hybridized carbons (Fsp3) is 0.304. The Labute approximate surface area is 320 Å². The van der Waals surface area contributed by atoms with Gasteiger partial charge in [0, 0.05) is 6.92 Å². The molecule has 0 bridgehead atoms. The van der Waals surface area contributed by atoms with Crippen LogP contribution in [0.1, 0.15) is 44.4 Å². The fourth-order valence-corrected chi connectivity index (χ4v) is 11.9. The van der Waals surface area contributed by atoms with Crippen molar-refractivity contribution < 1.29 is 33.0 Å². The molecule has 5 aromatic carbocycles. The lowest BCUT2D eigenvalue weighted by atomic mass is 9.91. The third-order valence-corrected chi connectivity index (χ3v) is 15.0. The van der Waals surface area contributed by atoms with Gasteiger partial charge in [0.15, 0.2) is 11.9 Å². The first-order chi connectivity index (χ1) is 26.2. The van der Waals surface area contributed by atoms with Crippen molar-refractivity contribution in [3.05, 3.63) is 168 Å². The van der Waals surface area contributed by atoms with Crippen LogP contribution < -0.4 is 10.4 Å². The minimum Gasteiger partial charge on any atom is -0.405 e. The lowest BCUT2D eigenvalue weighted by Crippen LogP contribution is -2.69. The number of carbonyl (C=O) groups excluding carboxylic acids is 2. The molecule has 1 saturated heterocycles. The lowest BCUT2D eigenvalue weighted by Gasteiger charge is -2.48. The maximum absolute atomic E-state index is 13.9. The van der Waals surface area contributed by atoms with E-state index in [0.717, 1.165) is 27.1 Å². The zero-order valence-corrected chi connectivity index (χ0v) is 32.5. The molecule has 6 rings (SSSR count). The molecule has 0 N–H and O–H groups in total. The number of ketones is 2. The number of ether oxygens (including phenoxy) is 4. The average molecular weight is 743 g/mol. The van der Waals surface area contributed by atoms with Crippen LogP contribution >= 0.6 is 0 Å². The Morgan fingerprint density at radius 3 is 1.31 bits per heavy atom. The predicted octanol–water partition coefficient (Wildman–Crippen LogP) is 7.24. The van der Waals surface area contributed by atoms with Gasteiger partial charge in [-0.15, -0.1) is 0 Å². The third-order valence-electron chi connectivity index (χ3n) is 9.98. The smallest absolute Gasteiger partial charge is 0.261 e. The van der Waals surface area contributed by atoms with Gasteiger partial charge in [0.1, 0.15) is 24.4 Å². The molecule has 8 heteroatoms. The van der Waals surface area contributed by atoms with E-state index in [1.165, 1.54) is 6.92 Å². The van der Waals surface area contributed by atoms with Crippen LogP contribution in [-0.2, 0) is 52.8 Å². The summed E-state index contributed by atoms with van der Waals surface area (Å²) < 4.78 is 34.4. The molecular formula is C46H50O7Si. The van der Waals surface area contributed by atoms with E-state index in [9.17, 15) is 9.59 Å². The molecule has 0 spiro atoms. The Morgan fingerprint density at radius 2 is 0.926 bits per heavy atom. The minimum atomic E-state index is -3.05. The quantitative estimate of drug-likeness (QED) is 0.0779. The van der Waals surface area contributed by atoms with Crippen LogP contribution in [0.2, 0.25) is 5.04 Å². The normalized spacial score (nSPS) is 20.3. The molecule has 5 aromatic rings. The highest BCUT2D eigenvalue weighted by atomic mass is 28.4. The van der Waals surface area contributed by atoms with E-state index in [-0.39, 0.29) is 31.5 Å². The summed E-state index contributed by atoms with van der Waals surface area (Å²) >= 11 is 0. The first-order valence-electron chi connectivity index (χ1n) is 18.6. The van der Waals surface area contributed by atoms with Crippen LogP contribution in [0.4, 0.5) is 0 Å². The van der Waals surface area contributed by atoms with E-state index in [2.05, 4.69) is 45.0 Å². The molecule has 0 saturated carbocycles. The SMILES string of the molecule is CC(=O)C(=O)[C@H]1O[C@H](CO[Si](c2ccccc2)(c2ccccc2)C(C)(C)C)[C@@H](OCc2ccccc2)[C@H](OCc2ccccc2)[C@H]1OCc1ccccc1. The van der Waals surface area contributed by atoms with Crippen LogP contribution in [0.25, 0.3) is 0 Å². The van der Waals surface area contributed by atoms with Crippen molar-refractivity contribution in [1.82, 2.24) is 0 Å². The van der Waals surface area contributed by atoms with E-state index in [0.29, 0.717) is 0 Å². The molecule has 5 atom stereocenters. The standard InChI is InChI=1S/C46H50O7Si/c1-34(47)41(48)43-45(51-32-37-24-14-7-15-25-37)44(50-31-36-22-12-6-13-23-36)42(49-30-35-20-10-5-11-21-35)40(53-43)33-52-54(46(2,3)4,38-26-16-8-17-27-38)39-28-18-9-19-29-39/h5-29,40,42-45H,30-33H2,1-4H3/t40-,42-,43-,44+,45+/m1/s1. The van der Waals surface area contributed by atoms with E-state index < -0.39 is 50.4 Å². The fourth-order valence-electron chi connectivity index (χ4n) is 7.30. The number of rotatable bonds is 16. The first kappa shape index (κ1) is 39.2. The summed E-state index contributed by atoms with van der Waals surface area (Å²) in [4.78, 5) is 26.8. The minimum absolute atomic E-state index is 0.0744. The van der Waals surface area contributed by atoms with Crippen molar-refractivity contribution in [3.8, 4) is 0 Å². The highest BCUT2D eigenvalue weighted by Crippen LogP contribution is 2.38. The van der Waals surface area contributed by atoms with Gasteiger partial charge in [-0.1, -0.05) is 172 Å². The number of hydrogen-bond acceptors (Lipinski definition) is 7. The maximum atomic E-state index is 13.9. The number of Topliss-reactive ketones (excluding diaryl/α,β-unsaturated/α-hetero) is 2. The van der Waals surface area contributed by atoms with Crippen LogP contribution in [0.5, 0.6) is 0 Å². The Balaban J connectivity index is 1.43. The van der Waals surface area contributed by atoms with Crippen LogP contribution in [-0.4, -0.2) is 57.0 Å². The topological polar surface area (TPSA) is 80.3 Å². The van der Waals surface area contributed by atoms with E-state index in [1.54, 1.807) is 0 Å². The van der Waals surface area contributed by atoms with Gasteiger partial charge in [0.25, 0.3) is 8.32 Å². The molecule has 280 valence electrons. The van der Waals surface area contributed by atoms with Crippen LogP contribution in [0.15, 0.2) is 152 Å². The summed E-state index contributed by atoms with van der Waals surface area (Å²) in [5.74, 6) is -1.30. The molecule has 0 unspecified atom stereocenters. The lowest BCUT2D eigenvalue weighted by molar-refractivity contribution is -0.263. The van der Waals surface area contributed by atoms with Crippen LogP contribution in [0, 0.1) is 0 Å². The Kier molecular flexibility index (Phi) is 13.2. The van der Waals surface area contributed by atoms with Crippen molar-refractivity contribution >= 4 is 30.3 Å². The summed E-state index contributed by atoms with van der Waals surface area (Å²) in [6.07, 6.45) is -4.58. The number of hydrogen-bond donors (Lipinski definition) is 0. The van der Waals surface area contributed by atoms with Gasteiger partial charge >= 0.3 is 0 Å². The summed E-state index contributed by atoms with van der Waals surface area (Å²) in [5.41, 5.74) is 2.82. The van der Waals surface area contributed by atoms with Crippen molar-refractivity contribution in [2.75, 3.05) is 6.61 Å². The van der Waals surface area contributed by atoms with E-state index >= 15 is 0 Å². The summed E-state index contributed by atoms with van der Waals surface area (Å²) in [7, 11) is -3.05. The Bertz CT molecular complexity index is 1860. The second-order valence-electron chi connectivity index (χ2n) is 14.8. The van der Waals surface area contributed by atoms with Crippen molar-refractivity contribution in [2.24, 2.45) is 0 Å². The predicted molar refractivity (Wildman–Crippen MR) is 213 cm³/mol. The Hall–Kier alpha value is -4.54. The van der Waals surface area contributed by atoms with Crippen molar-refractivity contribution in [1.29, 1.82) is 0 Å². The van der Waals surface area contributed by atoms with Crippen LogP contribution in [0.3, 0.4) is 0 Å². The summed E-state index contributed by atoms with van der Waals surface area (Å²) in [5, 5.41) is 1.90. The van der Waals surface area contributed by atoms with Gasteiger partial charge in [-0.25, -0.2) is 0 Å². The van der Waals surface area contributed by atoms with Crippen molar-refractivity contribution in [2.45, 2.75) is 83.1 Å². The molecule has 1 fully saturated rings. The van der Waals surface area contributed by atoms with Gasteiger partial charge in [-0.3, -0.25) is 9.59 Å². The highest BCUT2D eigenvalue weighted by molar-refractivity contribution is 6.99. The summed E-state index contributed by atoms with van der Waals surface area (Å²) in [6.45, 7) is 8.65. The first-order valence-corrected chi connectivity index (χ1v) is 20.5. The number of carbonyl (C=O) groups is 2. The second kappa shape index (κ2) is 18.2. The van der Waals surface area contributed by atoms with Gasteiger partial charge in [-0.2, -0.15) is 0 Å². The van der Waals surface area contributed by atoms with Gasteiger partial charge in [-0.05, 0) is 32.1 Å². The largest absolute Gasteiger partial charge is 0.405 e. The molecule has 1 aliphatic rings. The third kappa shape index (κ3) is 9.21. The summed E-state index contributed by atoms with van der Waals surface area (Å²) in [6, 6.07) is 50.2. The highest BCUT2D eigenvalue weighted by Gasteiger charge is 2.54.